The third kappa shape index (κ3) is 3.43. The number of carbonyl (C=O) groups excluding carboxylic acids is 2. The number of halogens is 1. The summed E-state index contributed by atoms with van der Waals surface area (Å²) in [6, 6.07) is 13.4. The molecule has 0 N–H and O–H groups in total. The molecule has 1 saturated heterocycles. The monoisotopic (exact) mass is 418 g/mol. The Balaban J connectivity index is 1.88. The van der Waals surface area contributed by atoms with Crippen LogP contribution in [0.15, 0.2) is 57.9 Å². The lowest BCUT2D eigenvalue weighted by Gasteiger charge is -2.15. The molecule has 2 aromatic rings. The Bertz CT molecular complexity index is 860. The van der Waals surface area contributed by atoms with Gasteiger partial charge in [0.2, 0.25) is 0 Å². The van der Waals surface area contributed by atoms with Gasteiger partial charge in [-0.05, 0) is 41.5 Å². The Morgan fingerprint density at radius 1 is 1.12 bits per heavy atom. The molecule has 1 amide bonds. The van der Waals surface area contributed by atoms with Gasteiger partial charge in [-0.1, -0.05) is 64.2 Å². The molecule has 1 heterocycles. The van der Waals surface area contributed by atoms with E-state index in [4.69, 9.17) is 12.2 Å². The van der Waals surface area contributed by atoms with Gasteiger partial charge < -0.3 is 9.90 Å². The second kappa shape index (κ2) is 6.88. The maximum atomic E-state index is 12.6. The van der Waals surface area contributed by atoms with Crippen molar-refractivity contribution in [3.8, 4) is 0 Å². The van der Waals surface area contributed by atoms with Gasteiger partial charge in [-0.15, -0.1) is 0 Å². The summed E-state index contributed by atoms with van der Waals surface area (Å²) in [5.74, 6) is -1.49. The zero-order chi connectivity index (χ0) is 17.3. The Kier molecular flexibility index (Phi) is 4.84. The number of carboxylic acid groups (broad SMARTS) is 1. The van der Waals surface area contributed by atoms with Crippen LogP contribution in [0.4, 0.5) is 5.69 Å². The summed E-state index contributed by atoms with van der Waals surface area (Å²) in [6.07, 6.45) is 1.78. The van der Waals surface area contributed by atoms with Crippen LogP contribution in [-0.2, 0) is 4.79 Å². The van der Waals surface area contributed by atoms with Gasteiger partial charge in [0, 0.05) is 4.47 Å². The standard InChI is InChI=1S/C17H10BrNO3S2/c18-12-5-1-10(2-6-12)9-14-15(20)19(17(23)24-14)13-7-3-11(4-8-13)16(21)22/h1-9H,(H,21,22)/p-1/b14-9-. The number of anilines is 1. The topological polar surface area (TPSA) is 60.4 Å². The lowest BCUT2D eigenvalue weighted by atomic mass is 10.2. The van der Waals surface area contributed by atoms with E-state index in [1.54, 1.807) is 18.2 Å². The van der Waals surface area contributed by atoms with E-state index in [1.807, 2.05) is 24.3 Å². The van der Waals surface area contributed by atoms with Crippen molar-refractivity contribution in [2.45, 2.75) is 0 Å². The fourth-order valence-corrected chi connectivity index (χ4v) is 3.71. The quantitative estimate of drug-likeness (QED) is 0.565. The van der Waals surface area contributed by atoms with Crippen LogP contribution < -0.4 is 10.0 Å². The average molecular weight is 419 g/mol. The summed E-state index contributed by atoms with van der Waals surface area (Å²) in [5.41, 5.74) is 1.47. The van der Waals surface area contributed by atoms with E-state index < -0.39 is 5.97 Å². The zero-order valence-electron chi connectivity index (χ0n) is 12.1. The van der Waals surface area contributed by atoms with Crippen LogP contribution in [-0.4, -0.2) is 16.2 Å². The largest absolute Gasteiger partial charge is 0.545 e. The summed E-state index contributed by atoms with van der Waals surface area (Å²) in [6.45, 7) is 0. The molecular formula is C17H9BrNO3S2-. The van der Waals surface area contributed by atoms with Crippen molar-refractivity contribution >= 4 is 67.9 Å². The third-order valence-corrected chi connectivity index (χ3v) is 5.15. The summed E-state index contributed by atoms with van der Waals surface area (Å²) in [5, 5.41) is 10.8. The van der Waals surface area contributed by atoms with Crippen LogP contribution in [0.2, 0.25) is 0 Å². The van der Waals surface area contributed by atoms with E-state index in [-0.39, 0.29) is 11.5 Å². The normalized spacial score (nSPS) is 16.0. The summed E-state index contributed by atoms with van der Waals surface area (Å²) >= 11 is 9.87. The van der Waals surface area contributed by atoms with Crippen LogP contribution >= 0.6 is 39.9 Å². The highest BCUT2D eigenvalue weighted by atomic mass is 79.9. The SMILES string of the molecule is O=C([O-])c1ccc(N2C(=O)/C(=C/c3ccc(Br)cc3)SC2=S)cc1. The molecule has 4 nitrogen and oxygen atoms in total. The average Bonchev–Trinajstić information content (AvgIpc) is 2.83. The van der Waals surface area contributed by atoms with Crippen molar-refractivity contribution < 1.29 is 14.7 Å². The zero-order valence-corrected chi connectivity index (χ0v) is 15.3. The molecular weight excluding hydrogens is 410 g/mol. The number of carbonyl (C=O) groups is 2. The first-order valence-electron chi connectivity index (χ1n) is 6.80. The van der Waals surface area contributed by atoms with E-state index in [0.717, 1.165) is 10.0 Å². The van der Waals surface area contributed by atoms with Crippen molar-refractivity contribution in [1.29, 1.82) is 0 Å². The fraction of sp³-hybridized carbons (Fsp3) is 0. The molecule has 7 heteroatoms. The predicted molar refractivity (Wildman–Crippen MR) is 101 cm³/mol. The van der Waals surface area contributed by atoms with Crippen molar-refractivity contribution in [2.75, 3.05) is 4.90 Å². The molecule has 0 bridgehead atoms. The van der Waals surface area contributed by atoms with Gasteiger partial charge in [-0.3, -0.25) is 9.69 Å². The minimum Gasteiger partial charge on any atom is -0.545 e. The minimum absolute atomic E-state index is 0.0506. The minimum atomic E-state index is -1.26. The summed E-state index contributed by atoms with van der Waals surface area (Å²) in [4.78, 5) is 25.3. The number of hydrogen-bond acceptors (Lipinski definition) is 5. The molecule has 0 aliphatic carbocycles. The van der Waals surface area contributed by atoms with E-state index in [0.29, 0.717) is 14.9 Å². The molecule has 120 valence electrons. The molecule has 0 unspecified atom stereocenters. The Morgan fingerprint density at radius 3 is 2.33 bits per heavy atom. The number of thioether (sulfide) groups is 1. The van der Waals surface area contributed by atoms with E-state index in [1.165, 1.54) is 28.8 Å². The van der Waals surface area contributed by atoms with Gasteiger partial charge in [0.05, 0.1) is 16.6 Å². The second-order valence-corrected chi connectivity index (χ2v) is 7.49. The van der Waals surface area contributed by atoms with E-state index >= 15 is 0 Å². The Hall–Kier alpha value is -1.96. The first-order valence-corrected chi connectivity index (χ1v) is 8.82. The number of amides is 1. The molecule has 0 atom stereocenters. The molecule has 0 aromatic heterocycles. The Morgan fingerprint density at radius 2 is 1.75 bits per heavy atom. The van der Waals surface area contributed by atoms with Gasteiger partial charge in [0.25, 0.3) is 5.91 Å². The van der Waals surface area contributed by atoms with Crippen LogP contribution in [0, 0.1) is 0 Å². The molecule has 2 aromatic carbocycles. The lowest BCUT2D eigenvalue weighted by molar-refractivity contribution is -0.255. The second-order valence-electron chi connectivity index (χ2n) is 4.90. The smallest absolute Gasteiger partial charge is 0.270 e. The van der Waals surface area contributed by atoms with Crippen LogP contribution in [0.5, 0.6) is 0 Å². The molecule has 0 spiro atoms. The number of benzene rings is 2. The van der Waals surface area contributed by atoms with E-state index in [9.17, 15) is 14.7 Å². The Labute approximate surface area is 156 Å². The number of aromatic carboxylic acids is 1. The first-order chi connectivity index (χ1) is 11.5. The molecule has 1 aliphatic heterocycles. The number of rotatable bonds is 3. The first kappa shape index (κ1) is 16.9. The van der Waals surface area contributed by atoms with Gasteiger partial charge in [0.1, 0.15) is 0 Å². The van der Waals surface area contributed by atoms with Crippen molar-refractivity contribution in [2.24, 2.45) is 0 Å². The molecule has 3 rings (SSSR count). The summed E-state index contributed by atoms with van der Waals surface area (Å²) in [7, 11) is 0. The number of hydrogen-bond donors (Lipinski definition) is 0. The number of thiocarbonyl (C=S) groups is 1. The third-order valence-electron chi connectivity index (χ3n) is 3.32. The molecule has 1 fully saturated rings. The van der Waals surface area contributed by atoms with Crippen LogP contribution in [0.25, 0.3) is 6.08 Å². The van der Waals surface area contributed by atoms with Gasteiger partial charge in [-0.2, -0.15) is 0 Å². The number of nitrogens with zero attached hydrogens (tertiary/aromatic N) is 1. The maximum absolute atomic E-state index is 12.6. The molecule has 0 saturated carbocycles. The van der Waals surface area contributed by atoms with Crippen molar-refractivity contribution in [3.63, 3.8) is 0 Å². The predicted octanol–water partition coefficient (Wildman–Crippen LogP) is 3.22. The lowest BCUT2D eigenvalue weighted by Crippen LogP contribution is -2.28. The maximum Gasteiger partial charge on any atom is 0.270 e. The van der Waals surface area contributed by atoms with Crippen molar-refractivity contribution in [3.05, 3.63) is 69.0 Å². The van der Waals surface area contributed by atoms with Gasteiger partial charge in [0.15, 0.2) is 4.32 Å². The molecule has 0 radical (unpaired) electrons. The molecule has 24 heavy (non-hydrogen) atoms. The highest BCUT2D eigenvalue weighted by molar-refractivity contribution is 9.10. The highest BCUT2D eigenvalue weighted by Crippen LogP contribution is 2.36. The highest BCUT2D eigenvalue weighted by Gasteiger charge is 2.33. The van der Waals surface area contributed by atoms with Crippen LogP contribution in [0.1, 0.15) is 15.9 Å². The van der Waals surface area contributed by atoms with Crippen LogP contribution in [0.3, 0.4) is 0 Å². The summed E-state index contributed by atoms with van der Waals surface area (Å²) < 4.78 is 1.37. The van der Waals surface area contributed by atoms with Gasteiger partial charge >= 0.3 is 0 Å². The number of carboxylic acids is 1. The van der Waals surface area contributed by atoms with E-state index in [2.05, 4.69) is 15.9 Å². The van der Waals surface area contributed by atoms with Crippen molar-refractivity contribution in [1.82, 2.24) is 0 Å². The van der Waals surface area contributed by atoms with Gasteiger partial charge in [-0.25, -0.2) is 0 Å². The fourth-order valence-electron chi connectivity index (χ4n) is 2.15. The molecule has 1 aliphatic rings.